The summed E-state index contributed by atoms with van der Waals surface area (Å²) in [5.74, 6) is -0.456. The molecule has 3 aliphatic rings. The minimum absolute atomic E-state index is 0.0398. The Morgan fingerprint density at radius 1 is 1.24 bits per heavy atom. The molecule has 176 valence electrons. The number of aliphatic imine (C=N–C) groups is 1. The number of fused-ring (bicyclic) bond motifs is 1. The zero-order valence-electron chi connectivity index (χ0n) is 19.0. The number of benzene rings is 1. The van der Waals surface area contributed by atoms with Crippen molar-refractivity contribution in [2.24, 2.45) is 4.99 Å². The highest BCUT2D eigenvalue weighted by Gasteiger charge is 2.41. The Morgan fingerprint density at radius 2 is 1.97 bits per heavy atom. The van der Waals surface area contributed by atoms with Gasteiger partial charge in [-0.15, -0.1) is 0 Å². The van der Waals surface area contributed by atoms with Crippen LogP contribution in [0.25, 0.3) is 0 Å². The van der Waals surface area contributed by atoms with Crippen LogP contribution in [0.15, 0.2) is 51.6 Å². The quantitative estimate of drug-likeness (QED) is 0.556. The van der Waals surface area contributed by atoms with Gasteiger partial charge in [0.15, 0.2) is 5.17 Å². The number of thioether (sulfide) groups is 1. The molecule has 4 rings (SSSR count). The molecule has 33 heavy (non-hydrogen) atoms. The molecule has 0 spiro atoms. The maximum Gasteiger partial charge on any atom is 0.338 e. The summed E-state index contributed by atoms with van der Waals surface area (Å²) in [5, 5.41) is 6.38. The van der Waals surface area contributed by atoms with Gasteiger partial charge >= 0.3 is 5.97 Å². The first-order valence-electron chi connectivity index (χ1n) is 11.3. The van der Waals surface area contributed by atoms with Gasteiger partial charge in [-0.3, -0.25) is 4.79 Å². The highest BCUT2D eigenvalue weighted by molar-refractivity contribution is 8.16. The van der Waals surface area contributed by atoms with Crippen LogP contribution in [-0.2, 0) is 14.3 Å². The van der Waals surface area contributed by atoms with Gasteiger partial charge in [0.2, 0.25) is 5.91 Å². The third-order valence-electron chi connectivity index (χ3n) is 6.11. The van der Waals surface area contributed by atoms with E-state index in [2.05, 4.69) is 10.2 Å². The number of allylic oxidation sites excluding steroid dienone is 1. The van der Waals surface area contributed by atoms with E-state index in [1.54, 1.807) is 12.1 Å². The van der Waals surface area contributed by atoms with Gasteiger partial charge in [-0.2, -0.15) is 0 Å². The first-order valence-corrected chi connectivity index (χ1v) is 12.6. The third kappa shape index (κ3) is 5.28. The summed E-state index contributed by atoms with van der Waals surface area (Å²) < 4.78 is 5.13. The Morgan fingerprint density at radius 3 is 2.64 bits per heavy atom. The molecule has 9 heteroatoms. The average Bonchev–Trinajstić information content (AvgIpc) is 3.48. The van der Waals surface area contributed by atoms with Crippen LogP contribution in [0.3, 0.4) is 0 Å². The number of ether oxygens (including phenoxy) is 1. The first kappa shape index (κ1) is 23.9. The standard InChI is InChI=1S/C24H29ClN4O3S/c1-3-19-21(23(31)32-2)22(16-6-8-17(25)9-7-16)29-18(15-33-24(29)27-19)14-20(30)26-10-13-28-11-4-5-12-28/h6-9,15,22H,3-5,10-14H2,1-2H3,(H,26,30). The average molecular weight is 489 g/mol. The smallest absolute Gasteiger partial charge is 0.338 e. The number of amides is 1. The Hall–Kier alpha value is -2.29. The van der Waals surface area contributed by atoms with Gasteiger partial charge in [0, 0.05) is 23.8 Å². The zero-order chi connectivity index (χ0) is 23.4. The molecular weight excluding hydrogens is 460 g/mol. The number of hydrogen-bond donors (Lipinski definition) is 1. The number of nitrogens with one attached hydrogen (secondary N) is 1. The second kappa shape index (κ2) is 10.8. The summed E-state index contributed by atoms with van der Waals surface area (Å²) in [6, 6.07) is 6.99. The number of carbonyl (C=O) groups is 2. The summed E-state index contributed by atoms with van der Waals surface area (Å²) in [4.78, 5) is 34.7. The molecule has 1 aromatic carbocycles. The molecule has 0 bridgehead atoms. The molecule has 0 radical (unpaired) electrons. The summed E-state index contributed by atoms with van der Waals surface area (Å²) in [6.07, 6.45) is 3.28. The highest BCUT2D eigenvalue weighted by atomic mass is 35.5. The van der Waals surface area contributed by atoms with E-state index in [9.17, 15) is 9.59 Å². The molecule has 3 aliphatic heterocycles. The number of hydrogen-bond acceptors (Lipinski definition) is 7. The van der Waals surface area contributed by atoms with Crippen LogP contribution in [-0.4, -0.2) is 60.1 Å². The Balaban J connectivity index is 1.56. The maximum absolute atomic E-state index is 12.9. The van der Waals surface area contributed by atoms with Crippen LogP contribution < -0.4 is 5.32 Å². The van der Waals surface area contributed by atoms with Gasteiger partial charge in [-0.25, -0.2) is 9.79 Å². The maximum atomic E-state index is 12.9. The SMILES string of the molecule is CCC1=C(C(=O)OC)C(c2ccc(Cl)cc2)N2C(CC(=O)NCCN3CCCC3)=CSC2=N1. The molecule has 1 saturated heterocycles. The largest absolute Gasteiger partial charge is 0.466 e. The monoisotopic (exact) mass is 488 g/mol. The van der Waals surface area contributed by atoms with E-state index in [1.807, 2.05) is 29.4 Å². The molecule has 0 aromatic heterocycles. The molecule has 7 nitrogen and oxygen atoms in total. The molecule has 0 aliphatic carbocycles. The zero-order valence-corrected chi connectivity index (χ0v) is 20.5. The van der Waals surface area contributed by atoms with Crippen molar-refractivity contribution in [2.45, 2.75) is 38.6 Å². The van der Waals surface area contributed by atoms with Crippen molar-refractivity contribution in [3.05, 3.63) is 57.2 Å². The van der Waals surface area contributed by atoms with Crippen LogP contribution in [0.2, 0.25) is 5.02 Å². The summed E-state index contributed by atoms with van der Waals surface area (Å²) in [6.45, 7) is 5.69. The second-order valence-electron chi connectivity index (χ2n) is 8.23. The van der Waals surface area contributed by atoms with E-state index in [0.29, 0.717) is 29.3 Å². The van der Waals surface area contributed by atoms with E-state index in [0.717, 1.165) is 36.1 Å². The van der Waals surface area contributed by atoms with Crippen molar-refractivity contribution in [1.82, 2.24) is 15.1 Å². The number of esters is 1. The molecule has 1 unspecified atom stereocenters. The number of carbonyl (C=O) groups excluding carboxylic acids is 2. The number of nitrogens with zero attached hydrogens (tertiary/aromatic N) is 3. The fraction of sp³-hybridized carbons (Fsp3) is 0.458. The Bertz CT molecular complexity index is 999. The molecule has 3 heterocycles. The minimum atomic E-state index is -0.434. The number of methoxy groups -OCH3 is 1. The van der Waals surface area contributed by atoms with Crippen molar-refractivity contribution in [3.63, 3.8) is 0 Å². The first-order chi connectivity index (χ1) is 16.0. The fourth-order valence-electron chi connectivity index (χ4n) is 4.46. The minimum Gasteiger partial charge on any atom is -0.466 e. The Labute approximate surface area is 203 Å². The van der Waals surface area contributed by atoms with Gasteiger partial charge in [-0.1, -0.05) is 42.4 Å². The van der Waals surface area contributed by atoms with Gasteiger partial charge in [0.05, 0.1) is 30.8 Å². The number of halogens is 1. The van der Waals surface area contributed by atoms with Crippen LogP contribution in [0, 0.1) is 0 Å². The lowest BCUT2D eigenvalue weighted by molar-refractivity contribution is -0.136. The van der Waals surface area contributed by atoms with Crippen molar-refractivity contribution in [3.8, 4) is 0 Å². The van der Waals surface area contributed by atoms with Crippen molar-refractivity contribution < 1.29 is 14.3 Å². The fourth-order valence-corrected chi connectivity index (χ4v) is 5.52. The number of likely N-dealkylation sites (tertiary alicyclic amines) is 1. The predicted molar refractivity (Wildman–Crippen MR) is 132 cm³/mol. The van der Waals surface area contributed by atoms with Gasteiger partial charge in [-0.05, 0) is 55.5 Å². The van der Waals surface area contributed by atoms with Crippen LogP contribution >= 0.6 is 23.4 Å². The van der Waals surface area contributed by atoms with Crippen molar-refractivity contribution >= 4 is 40.4 Å². The molecule has 1 amide bonds. The second-order valence-corrected chi connectivity index (χ2v) is 9.50. The van der Waals surface area contributed by atoms with Gasteiger partial charge in [0.1, 0.15) is 0 Å². The highest BCUT2D eigenvalue weighted by Crippen LogP contribution is 2.45. The number of rotatable bonds is 8. The van der Waals surface area contributed by atoms with E-state index in [-0.39, 0.29) is 12.3 Å². The molecule has 1 atom stereocenters. The topological polar surface area (TPSA) is 74.2 Å². The van der Waals surface area contributed by atoms with Crippen LogP contribution in [0.5, 0.6) is 0 Å². The van der Waals surface area contributed by atoms with E-state index >= 15 is 0 Å². The molecule has 1 N–H and O–H groups in total. The molecule has 1 aromatic rings. The lowest BCUT2D eigenvalue weighted by atomic mass is 9.93. The summed E-state index contributed by atoms with van der Waals surface area (Å²) in [7, 11) is 1.38. The van der Waals surface area contributed by atoms with E-state index < -0.39 is 12.0 Å². The predicted octanol–water partition coefficient (Wildman–Crippen LogP) is 4.08. The molecule has 0 saturated carbocycles. The normalized spacial score (nSPS) is 20.5. The summed E-state index contributed by atoms with van der Waals surface area (Å²) in [5.41, 5.74) is 2.90. The number of amidine groups is 1. The van der Waals surface area contributed by atoms with Crippen molar-refractivity contribution in [1.29, 1.82) is 0 Å². The summed E-state index contributed by atoms with van der Waals surface area (Å²) >= 11 is 7.60. The van der Waals surface area contributed by atoms with Crippen LogP contribution in [0.4, 0.5) is 0 Å². The third-order valence-corrected chi connectivity index (χ3v) is 7.25. The Kier molecular flexibility index (Phi) is 7.78. The van der Waals surface area contributed by atoms with Gasteiger partial charge in [0.25, 0.3) is 0 Å². The molecule has 1 fully saturated rings. The lowest BCUT2D eigenvalue weighted by Crippen LogP contribution is -2.39. The van der Waals surface area contributed by atoms with E-state index in [1.165, 1.54) is 31.7 Å². The lowest BCUT2D eigenvalue weighted by Gasteiger charge is -2.36. The molecular formula is C24H29ClN4O3S. The van der Waals surface area contributed by atoms with E-state index in [4.69, 9.17) is 21.3 Å². The van der Waals surface area contributed by atoms with Crippen LogP contribution in [0.1, 0.15) is 44.2 Å². The van der Waals surface area contributed by atoms with Crippen molar-refractivity contribution in [2.75, 3.05) is 33.3 Å². The van der Waals surface area contributed by atoms with Gasteiger partial charge < -0.3 is 19.9 Å².